The van der Waals surface area contributed by atoms with E-state index in [1.807, 2.05) is 0 Å². The Morgan fingerprint density at radius 1 is 1.29 bits per heavy atom. The number of methoxy groups -OCH3 is 1. The molecule has 3 atom stereocenters. The lowest BCUT2D eigenvalue weighted by Gasteiger charge is -2.16. The molecule has 0 spiro atoms. The highest BCUT2D eigenvalue weighted by atomic mass is 16.5. The van der Waals surface area contributed by atoms with Crippen LogP contribution in [0.3, 0.4) is 0 Å². The number of hydrogen-bond acceptors (Lipinski definition) is 7. The molecule has 3 unspecified atom stereocenters. The number of carbonyl (C=O) groups is 2. The Kier molecular flexibility index (Phi) is 8.90. The maximum atomic E-state index is 10.5. The van der Waals surface area contributed by atoms with Crippen LogP contribution in [-0.2, 0) is 4.79 Å². The third-order valence-corrected chi connectivity index (χ3v) is 2.41. The smallest absolute Gasteiger partial charge is 0.339 e. The van der Waals surface area contributed by atoms with Gasteiger partial charge in [-0.2, -0.15) is 0 Å². The molecule has 8 nitrogen and oxygen atoms in total. The number of carboxylic acid groups (broad SMARTS) is 1. The first kappa shape index (κ1) is 19.0. The summed E-state index contributed by atoms with van der Waals surface area (Å²) in [6.45, 7) is -0.688. The average Bonchev–Trinajstić information content (AvgIpc) is 2.52. The summed E-state index contributed by atoms with van der Waals surface area (Å²) >= 11 is 0. The van der Waals surface area contributed by atoms with Crippen molar-refractivity contribution in [3.05, 3.63) is 29.8 Å². The molecule has 1 aromatic carbocycles. The summed E-state index contributed by atoms with van der Waals surface area (Å²) in [4.78, 5) is 20.3. The molecule has 118 valence electrons. The second-order valence-electron chi connectivity index (χ2n) is 3.87. The van der Waals surface area contributed by atoms with E-state index in [1.165, 1.54) is 13.2 Å². The Morgan fingerprint density at radius 3 is 2.24 bits per heavy atom. The van der Waals surface area contributed by atoms with Gasteiger partial charge in [-0.1, -0.05) is 12.1 Å². The van der Waals surface area contributed by atoms with E-state index in [4.69, 9.17) is 30.3 Å². The van der Waals surface area contributed by atoms with E-state index in [9.17, 15) is 9.59 Å². The summed E-state index contributed by atoms with van der Waals surface area (Å²) in [5.41, 5.74) is 0.190. The lowest BCUT2D eigenvalue weighted by Crippen LogP contribution is -2.40. The van der Waals surface area contributed by atoms with Crippen LogP contribution >= 0.6 is 0 Å². The van der Waals surface area contributed by atoms with Gasteiger partial charge in [0.1, 0.15) is 29.6 Å². The predicted molar refractivity (Wildman–Crippen MR) is 71.1 cm³/mol. The van der Waals surface area contributed by atoms with Crippen LogP contribution in [0.2, 0.25) is 0 Å². The number of ether oxygens (including phenoxy) is 1. The van der Waals surface area contributed by atoms with E-state index in [0.717, 1.165) is 0 Å². The number of aromatic carboxylic acids is 1. The number of aldehydes is 1. The summed E-state index contributed by atoms with van der Waals surface area (Å²) < 4.78 is 4.83. The topological polar surface area (TPSA) is 145 Å². The van der Waals surface area contributed by atoms with Crippen molar-refractivity contribution in [2.75, 3.05) is 13.7 Å². The number of carbonyl (C=O) groups excluding carboxylic acids is 1. The Morgan fingerprint density at radius 2 is 1.86 bits per heavy atom. The molecule has 0 aliphatic carbocycles. The van der Waals surface area contributed by atoms with Crippen molar-refractivity contribution in [3.63, 3.8) is 0 Å². The van der Waals surface area contributed by atoms with Gasteiger partial charge in [-0.15, -0.1) is 0 Å². The zero-order valence-corrected chi connectivity index (χ0v) is 11.3. The van der Waals surface area contributed by atoms with Crippen molar-refractivity contribution in [2.45, 2.75) is 18.3 Å². The molecule has 0 aliphatic heterocycles. The standard InChI is InChI=1S/C8H8O3.C5H10O5/c1-11-7-5-3-2-4-6(7)8(9)10;6-1-3(8)5(10)4(9)2-7/h2-5H,1H3,(H,9,10);1,3-5,7-10H,2H2. The Bertz CT molecular complexity index is 448. The van der Waals surface area contributed by atoms with Crippen molar-refractivity contribution in [1.82, 2.24) is 0 Å². The second-order valence-corrected chi connectivity index (χ2v) is 3.87. The normalized spacial score (nSPS) is 14.1. The summed E-state index contributed by atoms with van der Waals surface area (Å²) in [5, 5.41) is 42.7. The van der Waals surface area contributed by atoms with E-state index in [1.54, 1.807) is 18.2 Å². The molecule has 0 aliphatic rings. The van der Waals surface area contributed by atoms with Gasteiger partial charge < -0.3 is 35.1 Å². The van der Waals surface area contributed by atoms with Crippen LogP contribution in [-0.4, -0.2) is 69.8 Å². The van der Waals surface area contributed by atoms with Crippen molar-refractivity contribution < 1.29 is 39.9 Å². The Hall–Kier alpha value is -2.00. The SMILES string of the molecule is COc1ccccc1C(=O)O.O=CC(O)C(O)C(O)CO. The fourth-order valence-electron chi connectivity index (χ4n) is 1.24. The van der Waals surface area contributed by atoms with Crippen LogP contribution in [0.4, 0.5) is 0 Å². The van der Waals surface area contributed by atoms with Crippen LogP contribution in [0.5, 0.6) is 5.75 Å². The molecular formula is C13H18O8. The summed E-state index contributed by atoms with van der Waals surface area (Å²) in [5.74, 6) is -0.581. The molecule has 0 amide bonds. The molecular weight excluding hydrogens is 284 g/mol. The number of hydrogen-bond donors (Lipinski definition) is 5. The van der Waals surface area contributed by atoms with Gasteiger partial charge in [0.2, 0.25) is 0 Å². The van der Waals surface area contributed by atoms with Crippen molar-refractivity contribution in [1.29, 1.82) is 0 Å². The monoisotopic (exact) mass is 302 g/mol. The third-order valence-electron chi connectivity index (χ3n) is 2.41. The average molecular weight is 302 g/mol. The summed E-state index contributed by atoms with van der Waals surface area (Å²) in [7, 11) is 1.45. The highest BCUT2D eigenvalue weighted by Gasteiger charge is 2.22. The second kappa shape index (κ2) is 9.83. The van der Waals surface area contributed by atoms with Gasteiger partial charge in [0.15, 0.2) is 6.29 Å². The maximum absolute atomic E-state index is 10.5. The molecule has 1 aromatic rings. The van der Waals surface area contributed by atoms with Crippen molar-refractivity contribution in [2.24, 2.45) is 0 Å². The summed E-state index contributed by atoms with van der Waals surface area (Å²) in [6, 6.07) is 6.50. The van der Waals surface area contributed by atoms with Gasteiger partial charge in [0, 0.05) is 0 Å². The van der Waals surface area contributed by atoms with E-state index >= 15 is 0 Å². The predicted octanol–water partition coefficient (Wildman–Crippen LogP) is -1.35. The van der Waals surface area contributed by atoms with E-state index in [-0.39, 0.29) is 11.8 Å². The molecule has 0 heterocycles. The van der Waals surface area contributed by atoms with Gasteiger partial charge in [0.05, 0.1) is 13.7 Å². The highest BCUT2D eigenvalue weighted by Crippen LogP contribution is 2.16. The van der Waals surface area contributed by atoms with Gasteiger partial charge in [-0.05, 0) is 12.1 Å². The fourth-order valence-corrected chi connectivity index (χ4v) is 1.24. The number of aliphatic hydroxyl groups excluding tert-OH is 4. The minimum atomic E-state index is -1.64. The van der Waals surface area contributed by atoms with Gasteiger partial charge in [0.25, 0.3) is 0 Å². The summed E-state index contributed by atoms with van der Waals surface area (Å²) in [6.07, 6.45) is -4.63. The van der Waals surface area contributed by atoms with Gasteiger partial charge in [-0.25, -0.2) is 4.79 Å². The van der Waals surface area contributed by atoms with E-state index in [0.29, 0.717) is 5.75 Å². The van der Waals surface area contributed by atoms with Crippen LogP contribution in [0.25, 0.3) is 0 Å². The first-order chi connectivity index (χ1) is 9.88. The largest absolute Gasteiger partial charge is 0.496 e. The molecule has 1 rings (SSSR count). The zero-order valence-electron chi connectivity index (χ0n) is 11.3. The lowest BCUT2D eigenvalue weighted by atomic mass is 10.1. The number of benzene rings is 1. The molecule has 0 bridgehead atoms. The van der Waals surface area contributed by atoms with Crippen LogP contribution < -0.4 is 4.74 Å². The van der Waals surface area contributed by atoms with Crippen LogP contribution in [0.1, 0.15) is 10.4 Å². The quantitative estimate of drug-likeness (QED) is 0.406. The molecule has 0 radical (unpaired) electrons. The zero-order chi connectivity index (χ0) is 16.4. The molecule has 0 saturated heterocycles. The molecule has 5 N–H and O–H groups in total. The van der Waals surface area contributed by atoms with E-state index < -0.39 is 30.9 Å². The van der Waals surface area contributed by atoms with Gasteiger partial charge in [-0.3, -0.25) is 0 Å². The third kappa shape index (κ3) is 6.32. The first-order valence-corrected chi connectivity index (χ1v) is 5.85. The van der Waals surface area contributed by atoms with Crippen LogP contribution in [0.15, 0.2) is 24.3 Å². The minimum Gasteiger partial charge on any atom is -0.496 e. The van der Waals surface area contributed by atoms with Gasteiger partial charge >= 0.3 is 5.97 Å². The van der Waals surface area contributed by atoms with Crippen molar-refractivity contribution >= 4 is 12.3 Å². The number of rotatable bonds is 6. The van der Waals surface area contributed by atoms with Crippen LogP contribution in [0, 0.1) is 0 Å². The Balaban J connectivity index is 0.000000384. The molecule has 0 saturated carbocycles. The minimum absolute atomic E-state index is 0.0869. The van der Waals surface area contributed by atoms with E-state index in [2.05, 4.69) is 0 Å². The molecule has 8 heteroatoms. The number of aliphatic hydroxyl groups is 4. The number of carboxylic acids is 1. The number of para-hydroxylation sites is 1. The molecule has 0 fully saturated rings. The Labute approximate surface area is 120 Å². The highest BCUT2D eigenvalue weighted by molar-refractivity contribution is 5.90. The maximum Gasteiger partial charge on any atom is 0.339 e. The molecule has 0 aromatic heterocycles. The lowest BCUT2D eigenvalue weighted by molar-refractivity contribution is -0.127. The van der Waals surface area contributed by atoms with Crippen molar-refractivity contribution in [3.8, 4) is 5.75 Å². The molecule has 21 heavy (non-hydrogen) atoms. The fraction of sp³-hybridized carbons (Fsp3) is 0.385. The first-order valence-electron chi connectivity index (χ1n) is 5.85.